The van der Waals surface area contributed by atoms with E-state index in [9.17, 15) is 13.2 Å². The van der Waals surface area contributed by atoms with Crippen molar-refractivity contribution in [2.75, 3.05) is 13.6 Å². The van der Waals surface area contributed by atoms with Crippen molar-refractivity contribution in [2.24, 2.45) is 0 Å². The fourth-order valence-corrected chi connectivity index (χ4v) is 2.12. The van der Waals surface area contributed by atoms with Gasteiger partial charge in [0, 0.05) is 0 Å². The number of rotatable bonds is 1. The van der Waals surface area contributed by atoms with Gasteiger partial charge in [-0.25, -0.2) is 0 Å². The second-order valence-corrected chi connectivity index (χ2v) is 4.20. The number of likely N-dealkylation sites (tertiary alicyclic amines) is 1. The molecular formula is C10H14F3N3. The topological polar surface area (TPSA) is 31.9 Å². The van der Waals surface area contributed by atoms with Crippen LogP contribution < -0.4 is 0 Å². The Bertz CT molecular complexity index is 358. The van der Waals surface area contributed by atoms with E-state index in [0.29, 0.717) is 5.69 Å². The average molecular weight is 233 g/mol. The summed E-state index contributed by atoms with van der Waals surface area (Å²) in [4.78, 5) is 2.07. The molecule has 0 saturated carbocycles. The molecule has 0 bridgehead atoms. The monoisotopic (exact) mass is 233 g/mol. The predicted octanol–water partition coefficient (Wildman–Crippen LogP) is 2.59. The highest BCUT2D eigenvalue weighted by Gasteiger charge is 2.35. The smallest absolute Gasteiger partial charge is 0.298 e. The number of H-pyrrole nitrogens is 1. The Hall–Kier alpha value is -1.04. The highest BCUT2D eigenvalue weighted by Crippen LogP contribution is 2.32. The second-order valence-electron chi connectivity index (χ2n) is 4.20. The van der Waals surface area contributed by atoms with E-state index in [-0.39, 0.29) is 6.04 Å². The molecule has 6 heteroatoms. The number of alkyl halides is 3. The molecule has 1 aromatic heterocycles. The fourth-order valence-electron chi connectivity index (χ4n) is 2.12. The van der Waals surface area contributed by atoms with Crippen LogP contribution in [0.3, 0.4) is 0 Å². The van der Waals surface area contributed by atoms with Crippen molar-refractivity contribution in [3.8, 4) is 0 Å². The lowest BCUT2D eigenvalue weighted by Gasteiger charge is -2.31. The van der Waals surface area contributed by atoms with E-state index in [0.717, 1.165) is 31.9 Å². The van der Waals surface area contributed by atoms with Gasteiger partial charge in [0.2, 0.25) is 0 Å². The lowest BCUT2D eigenvalue weighted by molar-refractivity contribution is -0.141. The molecule has 0 aliphatic carbocycles. The van der Waals surface area contributed by atoms with Gasteiger partial charge in [-0.2, -0.15) is 18.3 Å². The average Bonchev–Trinajstić information content (AvgIpc) is 2.66. The van der Waals surface area contributed by atoms with Crippen molar-refractivity contribution in [2.45, 2.75) is 31.5 Å². The summed E-state index contributed by atoms with van der Waals surface area (Å²) in [5.41, 5.74) is -0.268. The molecule has 1 atom stereocenters. The van der Waals surface area contributed by atoms with E-state index < -0.39 is 11.9 Å². The lowest BCUT2D eigenvalue weighted by atomic mass is 10.00. The summed E-state index contributed by atoms with van der Waals surface area (Å²) in [7, 11) is 1.93. The molecule has 0 radical (unpaired) electrons. The fraction of sp³-hybridized carbons (Fsp3) is 0.700. The summed E-state index contributed by atoms with van der Waals surface area (Å²) in [5, 5.41) is 5.82. The summed E-state index contributed by atoms with van der Waals surface area (Å²) < 4.78 is 37.1. The van der Waals surface area contributed by atoms with Crippen molar-refractivity contribution in [3.05, 3.63) is 17.5 Å². The standard InChI is InChI=1S/C10H14F3N3/c1-16-5-3-2-4-8(16)7-6-9(15-14-7)10(11,12)13/h6,8H,2-5H2,1H3,(H,14,15)/t8-/m1/s1. The normalized spacial score (nSPS) is 23.6. The van der Waals surface area contributed by atoms with Crippen LogP contribution >= 0.6 is 0 Å². The minimum Gasteiger partial charge on any atom is -0.298 e. The Labute approximate surface area is 91.6 Å². The molecule has 1 saturated heterocycles. The van der Waals surface area contributed by atoms with Crippen LogP contribution in [0, 0.1) is 0 Å². The van der Waals surface area contributed by atoms with Crippen LogP contribution in [0.15, 0.2) is 6.07 Å². The third-order valence-corrected chi connectivity index (χ3v) is 3.02. The van der Waals surface area contributed by atoms with Crippen LogP contribution in [0.25, 0.3) is 0 Å². The number of nitrogens with zero attached hydrogens (tertiary/aromatic N) is 2. The third-order valence-electron chi connectivity index (χ3n) is 3.02. The zero-order valence-corrected chi connectivity index (χ0v) is 9.01. The zero-order chi connectivity index (χ0) is 11.8. The largest absolute Gasteiger partial charge is 0.435 e. The summed E-state index contributed by atoms with van der Waals surface area (Å²) in [6.07, 6.45) is -1.32. The number of aromatic amines is 1. The van der Waals surface area contributed by atoms with Gasteiger partial charge < -0.3 is 0 Å². The Morgan fingerprint density at radius 3 is 2.75 bits per heavy atom. The minimum absolute atomic E-state index is 0.0392. The molecule has 1 aliphatic rings. The summed E-state index contributed by atoms with van der Waals surface area (Å²) >= 11 is 0. The van der Waals surface area contributed by atoms with E-state index >= 15 is 0 Å². The number of piperidine rings is 1. The maximum Gasteiger partial charge on any atom is 0.435 e. The first-order valence-corrected chi connectivity index (χ1v) is 5.31. The first-order chi connectivity index (χ1) is 7.48. The summed E-state index contributed by atoms with van der Waals surface area (Å²) in [6, 6.07) is 1.16. The van der Waals surface area contributed by atoms with Gasteiger partial charge in [-0.05, 0) is 32.5 Å². The van der Waals surface area contributed by atoms with Crippen LogP contribution in [0.1, 0.15) is 36.7 Å². The summed E-state index contributed by atoms with van der Waals surface area (Å²) in [5.74, 6) is 0. The number of hydrogen-bond donors (Lipinski definition) is 1. The van der Waals surface area contributed by atoms with Gasteiger partial charge >= 0.3 is 6.18 Å². The van der Waals surface area contributed by atoms with E-state index in [1.807, 2.05) is 7.05 Å². The van der Waals surface area contributed by atoms with Gasteiger partial charge in [-0.15, -0.1) is 0 Å². The first kappa shape index (κ1) is 11.4. The lowest BCUT2D eigenvalue weighted by Crippen LogP contribution is -2.29. The molecule has 2 rings (SSSR count). The minimum atomic E-state index is -4.36. The van der Waals surface area contributed by atoms with Gasteiger partial charge in [0.25, 0.3) is 0 Å². The van der Waals surface area contributed by atoms with Crippen molar-refractivity contribution < 1.29 is 13.2 Å². The molecule has 16 heavy (non-hydrogen) atoms. The van der Waals surface area contributed by atoms with Gasteiger partial charge in [-0.3, -0.25) is 10.00 Å². The molecule has 0 amide bonds. The maximum absolute atomic E-state index is 12.4. The molecule has 0 spiro atoms. The van der Waals surface area contributed by atoms with Crippen LogP contribution in [-0.2, 0) is 6.18 Å². The van der Waals surface area contributed by atoms with Gasteiger partial charge in [-0.1, -0.05) is 6.42 Å². The van der Waals surface area contributed by atoms with Gasteiger partial charge in [0.05, 0.1) is 11.7 Å². The predicted molar refractivity (Wildman–Crippen MR) is 52.8 cm³/mol. The van der Waals surface area contributed by atoms with E-state index in [4.69, 9.17) is 0 Å². The number of aromatic nitrogens is 2. The van der Waals surface area contributed by atoms with E-state index in [2.05, 4.69) is 15.1 Å². The maximum atomic E-state index is 12.4. The van der Waals surface area contributed by atoms with Crippen LogP contribution in [0.5, 0.6) is 0 Å². The number of nitrogens with one attached hydrogen (secondary N) is 1. The molecule has 0 unspecified atom stereocenters. The van der Waals surface area contributed by atoms with Crippen molar-refractivity contribution in [3.63, 3.8) is 0 Å². The Morgan fingerprint density at radius 2 is 2.19 bits per heavy atom. The highest BCUT2D eigenvalue weighted by molar-refractivity contribution is 5.15. The molecule has 1 fully saturated rings. The van der Waals surface area contributed by atoms with Crippen molar-refractivity contribution in [1.29, 1.82) is 0 Å². The van der Waals surface area contributed by atoms with Crippen LogP contribution in [-0.4, -0.2) is 28.7 Å². The zero-order valence-electron chi connectivity index (χ0n) is 9.01. The molecule has 0 aromatic carbocycles. The Kier molecular flexibility index (Phi) is 2.92. The number of halogens is 3. The summed E-state index contributed by atoms with van der Waals surface area (Å²) in [6.45, 7) is 0.922. The molecular weight excluding hydrogens is 219 g/mol. The molecule has 1 N–H and O–H groups in total. The van der Waals surface area contributed by atoms with Crippen LogP contribution in [0.2, 0.25) is 0 Å². The number of hydrogen-bond acceptors (Lipinski definition) is 2. The third kappa shape index (κ3) is 2.21. The van der Waals surface area contributed by atoms with E-state index in [1.165, 1.54) is 0 Å². The van der Waals surface area contributed by atoms with Crippen molar-refractivity contribution >= 4 is 0 Å². The van der Waals surface area contributed by atoms with Gasteiger partial charge in [0.15, 0.2) is 5.69 Å². The van der Waals surface area contributed by atoms with Crippen LogP contribution in [0.4, 0.5) is 13.2 Å². The molecule has 1 aliphatic heterocycles. The highest BCUT2D eigenvalue weighted by atomic mass is 19.4. The van der Waals surface area contributed by atoms with Gasteiger partial charge in [0.1, 0.15) is 0 Å². The first-order valence-electron chi connectivity index (χ1n) is 5.31. The van der Waals surface area contributed by atoms with E-state index in [1.54, 1.807) is 0 Å². The molecule has 2 heterocycles. The Balaban J connectivity index is 2.18. The molecule has 90 valence electrons. The SMILES string of the molecule is CN1CCCC[C@@H]1c1cc(C(F)(F)F)n[nH]1. The van der Waals surface area contributed by atoms with Crippen molar-refractivity contribution in [1.82, 2.24) is 15.1 Å². The Morgan fingerprint density at radius 1 is 1.44 bits per heavy atom. The molecule has 3 nitrogen and oxygen atoms in total. The second kappa shape index (κ2) is 4.08. The quantitative estimate of drug-likeness (QED) is 0.808. The molecule has 1 aromatic rings.